The summed E-state index contributed by atoms with van der Waals surface area (Å²) in [5, 5.41) is 3.95. The van der Waals surface area contributed by atoms with Crippen molar-refractivity contribution in [3.8, 4) is 0 Å². The number of rotatable bonds is 4. The van der Waals surface area contributed by atoms with Crippen LogP contribution < -0.4 is 5.32 Å². The zero-order valence-corrected chi connectivity index (χ0v) is 16.2. The Morgan fingerprint density at radius 2 is 1.85 bits per heavy atom. The summed E-state index contributed by atoms with van der Waals surface area (Å²) in [5.74, 6) is 0.0690. The normalized spacial score (nSPS) is 18.5. The Labute approximate surface area is 162 Å². The summed E-state index contributed by atoms with van der Waals surface area (Å²) < 4.78 is 23.8. The van der Waals surface area contributed by atoms with Gasteiger partial charge in [-0.05, 0) is 48.4 Å². The lowest BCUT2D eigenvalue weighted by Crippen LogP contribution is -2.43. The summed E-state index contributed by atoms with van der Waals surface area (Å²) in [6, 6.07) is 13.2. The van der Waals surface area contributed by atoms with Gasteiger partial charge in [0, 0.05) is 28.3 Å². The predicted octanol–water partition coefficient (Wildman–Crippen LogP) is 4.21. The summed E-state index contributed by atoms with van der Waals surface area (Å²) in [6.07, 6.45) is 0.428. The molecule has 0 saturated carbocycles. The van der Waals surface area contributed by atoms with E-state index in [1.165, 1.54) is 0 Å². The van der Waals surface area contributed by atoms with Gasteiger partial charge >= 0.3 is 6.03 Å². The molecule has 0 radical (unpaired) electrons. The van der Waals surface area contributed by atoms with Crippen molar-refractivity contribution in [1.82, 2.24) is 4.90 Å². The van der Waals surface area contributed by atoms with Crippen LogP contribution in [-0.4, -0.2) is 36.9 Å². The average molecular weight is 413 g/mol. The topological polar surface area (TPSA) is 66.5 Å². The number of carbonyl (C=O) groups excluding carboxylic acids is 1. The fourth-order valence-corrected chi connectivity index (χ4v) is 5.02. The Kier molecular flexibility index (Phi) is 5.75. The Morgan fingerprint density at radius 1 is 1.12 bits per heavy atom. The van der Waals surface area contributed by atoms with Crippen molar-refractivity contribution in [2.24, 2.45) is 0 Å². The molecule has 3 rings (SSSR count). The van der Waals surface area contributed by atoms with Gasteiger partial charge in [-0.3, -0.25) is 0 Å². The highest BCUT2D eigenvalue weighted by atomic mass is 35.5. The van der Waals surface area contributed by atoms with Crippen LogP contribution in [0.4, 0.5) is 10.5 Å². The predicted molar refractivity (Wildman–Crippen MR) is 105 cm³/mol. The molecule has 0 bridgehead atoms. The number of hydrogen-bond acceptors (Lipinski definition) is 3. The van der Waals surface area contributed by atoms with Crippen LogP contribution >= 0.6 is 23.2 Å². The van der Waals surface area contributed by atoms with Crippen LogP contribution in [0.2, 0.25) is 10.0 Å². The Balaban J connectivity index is 1.81. The highest BCUT2D eigenvalue weighted by molar-refractivity contribution is 7.91. The third-order valence-corrected chi connectivity index (χ3v) is 6.48. The van der Waals surface area contributed by atoms with E-state index in [-0.39, 0.29) is 30.1 Å². The van der Waals surface area contributed by atoms with E-state index < -0.39 is 9.84 Å². The van der Waals surface area contributed by atoms with Crippen LogP contribution in [0, 0.1) is 0 Å². The third-order valence-electron chi connectivity index (χ3n) is 4.25. The smallest absolute Gasteiger partial charge is 0.316 e. The first-order valence-corrected chi connectivity index (χ1v) is 10.7. The van der Waals surface area contributed by atoms with Crippen molar-refractivity contribution < 1.29 is 13.2 Å². The van der Waals surface area contributed by atoms with E-state index in [9.17, 15) is 13.2 Å². The molecule has 1 heterocycles. The van der Waals surface area contributed by atoms with Crippen molar-refractivity contribution in [1.29, 1.82) is 0 Å². The molecule has 1 aliphatic heterocycles. The maximum atomic E-state index is 12.8. The van der Waals surface area contributed by atoms with Gasteiger partial charge in [-0.15, -0.1) is 0 Å². The molecule has 138 valence electrons. The number of hydrogen-bond donors (Lipinski definition) is 1. The molecule has 1 saturated heterocycles. The van der Waals surface area contributed by atoms with Crippen molar-refractivity contribution in [2.75, 3.05) is 16.8 Å². The summed E-state index contributed by atoms with van der Waals surface area (Å²) in [7, 11) is -3.12. The standard InChI is InChI=1S/C18H18Cl2N2O3S/c19-14-4-6-16(7-5-14)21-18(23)22(17-8-9-26(24,25)12-17)11-13-2-1-3-15(20)10-13/h1-7,10,17H,8-9,11-12H2,(H,21,23). The van der Waals surface area contributed by atoms with Gasteiger partial charge < -0.3 is 10.2 Å². The van der Waals surface area contributed by atoms with Gasteiger partial charge in [0.15, 0.2) is 9.84 Å². The molecule has 1 atom stereocenters. The van der Waals surface area contributed by atoms with Crippen molar-refractivity contribution >= 4 is 44.8 Å². The number of anilines is 1. The number of sulfone groups is 1. The van der Waals surface area contributed by atoms with Gasteiger partial charge in [0.25, 0.3) is 0 Å². The maximum Gasteiger partial charge on any atom is 0.322 e. The molecule has 2 aromatic carbocycles. The number of amides is 2. The summed E-state index contributed by atoms with van der Waals surface area (Å²) in [6.45, 7) is 0.278. The number of nitrogens with zero attached hydrogens (tertiary/aromatic N) is 1. The molecule has 1 N–H and O–H groups in total. The SMILES string of the molecule is O=C(Nc1ccc(Cl)cc1)N(Cc1cccc(Cl)c1)C1CCS(=O)(=O)C1. The highest BCUT2D eigenvalue weighted by Crippen LogP contribution is 2.23. The summed E-state index contributed by atoms with van der Waals surface area (Å²) in [4.78, 5) is 14.4. The van der Waals surface area contributed by atoms with E-state index in [2.05, 4.69) is 5.32 Å². The molecule has 1 fully saturated rings. The molecule has 0 aliphatic carbocycles. The lowest BCUT2D eigenvalue weighted by molar-refractivity contribution is 0.190. The first kappa shape index (κ1) is 19.0. The van der Waals surface area contributed by atoms with Crippen LogP contribution in [0.5, 0.6) is 0 Å². The fraction of sp³-hybridized carbons (Fsp3) is 0.278. The van der Waals surface area contributed by atoms with Crippen LogP contribution in [0.15, 0.2) is 48.5 Å². The minimum absolute atomic E-state index is 0.0262. The van der Waals surface area contributed by atoms with Crippen LogP contribution in [0.25, 0.3) is 0 Å². The van der Waals surface area contributed by atoms with Gasteiger partial charge in [0.05, 0.1) is 11.5 Å². The van der Waals surface area contributed by atoms with Gasteiger partial charge in [-0.25, -0.2) is 13.2 Å². The number of halogens is 2. The van der Waals surface area contributed by atoms with E-state index in [4.69, 9.17) is 23.2 Å². The molecule has 2 amide bonds. The molecule has 26 heavy (non-hydrogen) atoms. The van der Waals surface area contributed by atoms with E-state index in [0.717, 1.165) is 5.56 Å². The van der Waals surface area contributed by atoms with Crippen LogP contribution in [-0.2, 0) is 16.4 Å². The minimum Gasteiger partial charge on any atom is -0.316 e. The third kappa shape index (κ3) is 4.90. The zero-order valence-electron chi connectivity index (χ0n) is 13.9. The van der Waals surface area contributed by atoms with Gasteiger partial charge in [0.2, 0.25) is 0 Å². The van der Waals surface area contributed by atoms with Crippen molar-refractivity contribution in [3.05, 3.63) is 64.1 Å². The second kappa shape index (κ2) is 7.86. The monoisotopic (exact) mass is 412 g/mol. The molecule has 5 nitrogen and oxygen atoms in total. The highest BCUT2D eigenvalue weighted by Gasteiger charge is 2.34. The van der Waals surface area contributed by atoms with Crippen molar-refractivity contribution in [2.45, 2.75) is 19.0 Å². The van der Waals surface area contributed by atoms with E-state index in [0.29, 0.717) is 22.2 Å². The lowest BCUT2D eigenvalue weighted by atomic mass is 10.1. The second-order valence-corrected chi connectivity index (χ2v) is 9.35. The first-order chi connectivity index (χ1) is 12.3. The van der Waals surface area contributed by atoms with Gasteiger partial charge in [0.1, 0.15) is 0 Å². The molecule has 8 heteroatoms. The molecule has 0 aromatic heterocycles. The van der Waals surface area contributed by atoms with Crippen LogP contribution in [0.3, 0.4) is 0 Å². The van der Waals surface area contributed by atoms with E-state index >= 15 is 0 Å². The molecule has 1 unspecified atom stereocenters. The number of nitrogens with one attached hydrogen (secondary N) is 1. The molecular weight excluding hydrogens is 395 g/mol. The molecular formula is C18H18Cl2N2O3S. The quantitative estimate of drug-likeness (QED) is 0.817. The summed E-state index contributed by atoms with van der Waals surface area (Å²) >= 11 is 11.9. The lowest BCUT2D eigenvalue weighted by Gasteiger charge is -2.28. The fourth-order valence-electron chi connectivity index (χ4n) is 2.95. The number of benzene rings is 2. The maximum absolute atomic E-state index is 12.8. The van der Waals surface area contributed by atoms with Crippen LogP contribution in [0.1, 0.15) is 12.0 Å². The first-order valence-electron chi connectivity index (χ1n) is 8.10. The zero-order chi connectivity index (χ0) is 18.7. The molecule has 2 aromatic rings. The summed E-state index contributed by atoms with van der Waals surface area (Å²) in [5.41, 5.74) is 1.43. The molecule has 1 aliphatic rings. The van der Waals surface area contributed by atoms with Crippen molar-refractivity contribution in [3.63, 3.8) is 0 Å². The Bertz CT molecular complexity index is 901. The Hall–Kier alpha value is -1.76. The van der Waals surface area contributed by atoms with Gasteiger partial charge in [-0.2, -0.15) is 0 Å². The largest absolute Gasteiger partial charge is 0.322 e. The van der Waals surface area contributed by atoms with E-state index in [1.807, 2.05) is 6.07 Å². The second-order valence-electron chi connectivity index (χ2n) is 6.25. The van der Waals surface area contributed by atoms with Gasteiger partial charge in [-0.1, -0.05) is 35.3 Å². The molecule has 0 spiro atoms. The average Bonchev–Trinajstić information content (AvgIpc) is 2.94. The van der Waals surface area contributed by atoms with E-state index in [1.54, 1.807) is 47.4 Å². The Morgan fingerprint density at radius 3 is 2.46 bits per heavy atom. The number of urea groups is 1. The number of carbonyl (C=O) groups is 1. The minimum atomic E-state index is -3.12.